The van der Waals surface area contributed by atoms with Gasteiger partial charge >= 0.3 is 0 Å². The molecule has 0 bridgehead atoms. The SMILES string of the molecule is O=C(NO)C1C=CC=CC1(O)Cc1cnc[nH]1. The first-order chi connectivity index (χ1) is 8.15. The minimum atomic E-state index is -1.37. The third kappa shape index (κ3) is 2.27. The lowest BCUT2D eigenvalue weighted by Crippen LogP contribution is -2.46. The first-order valence-corrected chi connectivity index (χ1v) is 5.15. The molecule has 2 atom stereocenters. The highest BCUT2D eigenvalue weighted by molar-refractivity contribution is 5.81. The fraction of sp³-hybridized carbons (Fsp3) is 0.273. The van der Waals surface area contributed by atoms with Crippen LogP contribution < -0.4 is 5.48 Å². The minimum absolute atomic E-state index is 0.214. The molecule has 1 aromatic rings. The van der Waals surface area contributed by atoms with E-state index in [-0.39, 0.29) is 6.42 Å². The zero-order valence-corrected chi connectivity index (χ0v) is 9.00. The molecule has 0 aromatic carbocycles. The number of carbonyl (C=O) groups excluding carboxylic acids is 1. The molecule has 1 heterocycles. The summed E-state index contributed by atoms with van der Waals surface area (Å²) in [6, 6.07) is 0. The van der Waals surface area contributed by atoms with E-state index in [1.54, 1.807) is 29.9 Å². The molecule has 17 heavy (non-hydrogen) atoms. The molecule has 0 spiro atoms. The van der Waals surface area contributed by atoms with Crippen molar-refractivity contribution in [2.75, 3.05) is 0 Å². The number of aliphatic hydroxyl groups is 1. The predicted molar refractivity (Wildman–Crippen MR) is 58.9 cm³/mol. The number of nitrogens with zero attached hydrogens (tertiary/aromatic N) is 1. The van der Waals surface area contributed by atoms with Gasteiger partial charge in [-0.1, -0.05) is 24.3 Å². The summed E-state index contributed by atoms with van der Waals surface area (Å²) in [7, 11) is 0. The molecule has 0 aliphatic heterocycles. The van der Waals surface area contributed by atoms with E-state index in [0.29, 0.717) is 5.69 Å². The van der Waals surface area contributed by atoms with Crippen molar-refractivity contribution in [3.05, 3.63) is 42.5 Å². The van der Waals surface area contributed by atoms with E-state index in [9.17, 15) is 9.90 Å². The van der Waals surface area contributed by atoms with Gasteiger partial charge in [0.1, 0.15) is 5.60 Å². The molecular formula is C11H13N3O3. The van der Waals surface area contributed by atoms with Crippen molar-refractivity contribution in [1.82, 2.24) is 15.4 Å². The van der Waals surface area contributed by atoms with Gasteiger partial charge in [0.15, 0.2) is 0 Å². The summed E-state index contributed by atoms with van der Waals surface area (Å²) in [5.74, 6) is -1.48. The summed E-state index contributed by atoms with van der Waals surface area (Å²) >= 11 is 0. The summed E-state index contributed by atoms with van der Waals surface area (Å²) in [5.41, 5.74) is 0.904. The first-order valence-electron chi connectivity index (χ1n) is 5.15. The van der Waals surface area contributed by atoms with Crippen molar-refractivity contribution in [2.24, 2.45) is 5.92 Å². The lowest BCUT2D eigenvalue weighted by molar-refractivity contribution is -0.137. The average Bonchev–Trinajstić information content (AvgIpc) is 2.81. The molecule has 2 unspecified atom stereocenters. The topological polar surface area (TPSA) is 98.2 Å². The van der Waals surface area contributed by atoms with Crippen LogP contribution in [0.5, 0.6) is 0 Å². The third-order valence-corrected chi connectivity index (χ3v) is 2.76. The van der Waals surface area contributed by atoms with Crippen molar-refractivity contribution >= 4 is 5.91 Å². The molecule has 6 heteroatoms. The van der Waals surface area contributed by atoms with Crippen LogP contribution in [-0.4, -0.2) is 31.8 Å². The molecule has 4 N–H and O–H groups in total. The Bertz CT molecular complexity index is 453. The Morgan fingerprint density at radius 2 is 2.41 bits per heavy atom. The van der Waals surface area contributed by atoms with E-state index in [0.717, 1.165) is 0 Å². The zero-order valence-electron chi connectivity index (χ0n) is 9.00. The van der Waals surface area contributed by atoms with Crippen molar-refractivity contribution in [3.63, 3.8) is 0 Å². The highest BCUT2D eigenvalue weighted by atomic mass is 16.5. The molecule has 1 aliphatic rings. The maximum absolute atomic E-state index is 11.5. The third-order valence-electron chi connectivity index (χ3n) is 2.76. The molecule has 0 radical (unpaired) electrons. The van der Waals surface area contributed by atoms with Gasteiger partial charge in [0.25, 0.3) is 5.91 Å². The van der Waals surface area contributed by atoms with Crippen molar-refractivity contribution < 1.29 is 15.1 Å². The summed E-state index contributed by atoms with van der Waals surface area (Å²) in [6.07, 6.45) is 9.70. The van der Waals surface area contributed by atoms with Gasteiger partial charge in [-0.3, -0.25) is 10.0 Å². The number of hydroxylamine groups is 1. The van der Waals surface area contributed by atoms with E-state index < -0.39 is 17.4 Å². The quantitative estimate of drug-likeness (QED) is 0.435. The Hall–Kier alpha value is -1.92. The number of allylic oxidation sites excluding steroid dienone is 2. The maximum atomic E-state index is 11.5. The molecule has 1 amide bonds. The maximum Gasteiger partial charge on any atom is 0.253 e. The van der Waals surface area contributed by atoms with Crippen LogP contribution in [0.4, 0.5) is 0 Å². The molecule has 0 saturated carbocycles. The second-order valence-electron chi connectivity index (χ2n) is 3.94. The van der Waals surface area contributed by atoms with Gasteiger partial charge in [-0.15, -0.1) is 0 Å². The standard InChI is InChI=1S/C11H13N3O3/c15-10(14-17)9-3-1-2-4-11(9,16)5-8-6-12-7-13-8/h1-4,6-7,9,16-17H,5H2,(H,12,13)(H,14,15). The average molecular weight is 235 g/mol. The first kappa shape index (κ1) is 11.6. The van der Waals surface area contributed by atoms with Gasteiger partial charge in [0, 0.05) is 18.3 Å². The number of hydrogen-bond donors (Lipinski definition) is 4. The normalized spacial score (nSPS) is 27.1. The summed E-state index contributed by atoms with van der Waals surface area (Å²) in [5, 5.41) is 19.1. The van der Waals surface area contributed by atoms with E-state index in [1.165, 1.54) is 12.4 Å². The largest absolute Gasteiger partial charge is 0.384 e. The Morgan fingerprint density at radius 3 is 3.06 bits per heavy atom. The number of imidazole rings is 1. The smallest absolute Gasteiger partial charge is 0.253 e. The van der Waals surface area contributed by atoms with Crippen LogP contribution in [0.2, 0.25) is 0 Å². The van der Waals surface area contributed by atoms with Crippen LogP contribution in [0, 0.1) is 5.92 Å². The van der Waals surface area contributed by atoms with Crippen LogP contribution in [0.1, 0.15) is 5.69 Å². The Labute approximate surface area is 97.6 Å². The van der Waals surface area contributed by atoms with E-state index in [1.807, 2.05) is 0 Å². The van der Waals surface area contributed by atoms with Gasteiger partial charge in [0.2, 0.25) is 0 Å². The molecular weight excluding hydrogens is 222 g/mol. The van der Waals surface area contributed by atoms with Crippen LogP contribution in [0.3, 0.4) is 0 Å². The predicted octanol–water partition coefficient (Wildman–Crippen LogP) is -0.0691. The number of hydrogen-bond acceptors (Lipinski definition) is 4. The number of nitrogens with one attached hydrogen (secondary N) is 2. The van der Waals surface area contributed by atoms with Crippen LogP contribution in [0.25, 0.3) is 0 Å². The van der Waals surface area contributed by atoms with Gasteiger partial charge in [0.05, 0.1) is 12.2 Å². The lowest BCUT2D eigenvalue weighted by atomic mass is 9.80. The Kier molecular flexibility index (Phi) is 3.08. The number of amides is 1. The molecule has 90 valence electrons. The molecule has 1 aliphatic carbocycles. The number of rotatable bonds is 3. The number of H-pyrrole nitrogens is 1. The van der Waals surface area contributed by atoms with Crippen LogP contribution >= 0.6 is 0 Å². The molecule has 0 saturated heterocycles. The van der Waals surface area contributed by atoms with Crippen LogP contribution in [0.15, 0.2) is 36.8 Å². The number of aromatic nitrogens is 2. The molecule has 2 rings (SSSR count). The fourth-order valence-corrected chi connectivity index (χ4v) is 1.91. The lowest BCUT2D eigenvalue weighted by Gasteiger charge is -2.31. The Morgan fingerprint density at radius 1 is 1.59 bits per heavy atom. The van der Waals surface area contributed by atoms with Crippen molar-refractivity contribution in [3.8, 4) is 0 Å². The zero-order chi connectivity index (χ0) is 12.3. The highest BCUT2D eigenvalue weighted by Crippen LogP contribution is 2.28. The van der Waals surface area contributed by atoms with Crippen molar-refractivity contribution in [1.29, 1.82) is 0 Å². The summed E-state index contributed by atoms with van der Waals surface area (Å²) in [6.45, 7) is 0. The van der Waals surface area contributed by atoms with E-state index >= 15 is 0 Å². The van der Waals surface area contributed by atoms with E-state index in [2.05, 4.69) is 9.97 Å². The second kappa shape index (κ2) is 4.52. The van der Waals surface area contributed by atoms with Gasteiger partial charge in [-0.2, -0.15) is 0 Å². The molecule has 0 fully saturated rings. The molecule has 1 aromatic heterocycles. The molecule has 6 nitrogen and oxygen atoms in total. The van der Waals surface area contributed by atoms with Crippen molar-refractivity contribution in [2.45, 2.75) is 12.0 Å². The number of aromatic amines is 1. The van der Waals surface area contributed by atoms with Gasteiger partial charge < -0.3 is 10.1 Å². The van der Waals surface area contributed by atoms with Crippen LogP contribution in [-0.2, 0) is 11.2 Å². The van der Waals surface area contributed by atoms with E-state index in [4.69, 9.17) is 5.21 Å². The van der Waals surface area contributed by atoms with Gasteiger partial charge in [-0.05, 0) is 0 Å². The highest BCUT2D eigenvalue weighted by Gasteiger charge is 2.39. The Balaban J connectivity index is 2.23. The summed E-state index contributed by atoms with van der Waals surface area (Å²) in [4.78, 5) is 18.2. The summed E-state index contributed by atoms with van der Waals surface area (Å²) < 4.78 is 0. The minimum Gasteiger partial charge on any atom is -0.384 e. The monoisotopic (exact) mass is 235 g/mol. The van der Waals surface area contributed by atoms with Gasteiger partial charge in [-0.25, -0.2) is 10.5 Å². The number of carbonyl (C=O) groups is 1. The second-order valence-corrected chi connectivity index (χ2v) is 3.94. The fourth-order valence-electron chi connectivity index (χ4n) is 1.91.